The van der Waals surface area contributed by atoms with Gasteiger partial charge in [0.2, 0.25) is 5.91 Å². The quantitative estimate of drug-likeness (QED) is 0.0419. The predicted octanol–water partition coefficient (Wildman–Crippen LogP) is 10.4. The van der Waals surface area contributed by atoms with Crippen LogP contribution in [0.2, 0.25) is 0 Å². The summed E-state index contributed by atoms with van der Waals surface area (Å²) in [5, 5.41) is 33.0. The lowest BCUT2D eigenvalue weighted by atomic mass is 10.0. The molecule has 0 aliphatic heterocycles. The van der Waals surface area contributed by atoms with Crippen LogP contribution in [0.1, 0.15) is 187 Å². The molecule has 0 aromatic rings. The zero-order chi connectivity index (χ0) is 33.1. The molecule has 0 saturated heterocycles. The highest BCUT2D eigenvalue weighted by atomic mass is 16.3. The molecule has 264 valence electrons. The summed E-state index contributed by atoms with van der Waals surface area (Å²) in [5.41, 5.74) is 0. The van der Waals surface area contributed by atoms with Crippen molar-refractivity contribution in [3.63, 3.8) is 0 Å². The van der Waals surface area contributed by atoms with Crippen LogP contribution in [0.5, 0.6) is 0 Å². The normalized spacial score (nSPS) is 14.2. The molecule has 3 atom stereocenters. The second-order valence-corrected chi connectivity index (χ2v) is 13.1. The average Bonchev–Trinajstić information content (AvgIpc) is 3.04. The Hall–Kier alpha value is -1.43. The number of allylic oxidation sites excluding steroid dienone is 5. The maximum atomic E-state index is 12.4. The van der Waals surface area contributed by atoms with E-state index >= 15 is 0 Å². The number of aliphatic hydroxyl groups is 3. The van der Waals surface area contributed by atoms with Crippen LogP contribution >= 0.6 is 0 Å². The van der Waals surface area contributed by atoms with Crippen molar-refractivity contribution in [2.24, 2.45) is 0 Å². The monoisotopic (exact) mass is 634 g/mol. The van der Waals surface area contributed by atoms with Gasteiger partial charge in [-0.2, -0.15) is 0 Å². The number of nitrogens with one attached hydrogen (secondary N) is 1. The number of hydrogen-bond donors (Lipinski definition) is 4. The Morgan fingerprint density at radius 1 is 0.556 bits per heavy atom. The fourth-order valence-corrected chi connectivity index (χ4v) is 5.62. The highest BCUT2D eigenvalue weighted by molar-refractivity contribution is 5.80. The van der Waals surface area contributed by atoms with Crippen LogP contribution in [0.3, 0.4) is 0 Å². The number of aliphatic hydroxyl groups excluding tert-OH is 3. The van der Waals surface area contributed by atoms with E-state index in [0.717, 1.165) is 44.9 Å². The van der Waals surface area contributed by atoms with E-state index in [4.69, 9.17) is 0 Å². The summed E-state index contributed by atoms with van der Waals surface area (Å²) in [4.78, 5) is 12.4. The Bertz CT molecular complexity index is 704. The van der Waals surface area contributed by atoms with Crippen LogP contribution < -0.4 is 5.32 Å². The topological polar surface area (TPSA) is 89.8 Å². The molecule has 0 radical (unpaired) electrons. The summed E-state index contributed by atoms with van der Waals surface area (Å²) in [6.45, 7) is 4.14. The predicted molar refractivity (Wildman–Crippen MR) is 194 cm³/mol. The van der Waals surface area contributed by atoms with Crippen molar-refractivity contribution >= 4 is 5.91 Å². The lowest BCUT2D eigenvalue weighted by molar-refractivity contribution is -0.131. The molecule has 0 aromatic heterocycles. The largest absolute Gasteiger partial charge is 0.394 e. The summed E-state index contributed by atoms with van der Waals surface area (Å²) < 4.78 is 0. The van der Waals surface area contributed by atoms with Crippen molar-refractivity contribution in [3.8, 4) is 0 Å². The van der Waals surface area contributed by atoms with Crippen LogP contribution in [0.25, 0.3) is 0 Å². The van der Waals surface area contributed by atoms with Crippen molar-refractivity contribution in [3.05, 3.63) is 36.5 Å². The van der Waals surface area contributed by atoms with Crippen LogP contribution in [-0.2, 0) is 4.79 Å². The Morgan fingerprint density at radius 3 is 1.44 bits per heavy atom. The Labute approximate surface area is 279 Å². The van der Waals surface area contributed by atoms with Gasteiger partial charge in [0.05, 0.1) is 18.8 Å². The molecule has 1 amide bonds. The van der Waals surface area contributed by atoms with E-state index in [-0.39, 0.29) is 6.61 Å². The molecule has 0 heterocycles. The maximum Gasteiger partial charge on any atom is 0.249 e. The van der Waals surface area contributed by atoms with Gasteiger partial charge in [0.1, 0.15) is 6.10 Å². The van der Waals surface area contributed by atoms with Crippen molar-refractivity contribution in [2.45, 2.75) is 205 Å². The summed E-state index contributed by atoms with van der Waals surface area (Å²) in [6.07, 6.45) is 43.0. The summed E-state index contributed by atoms with van der Waals surface area (Å²) in [5.74, 6) is -0.513. The zero-order valence-corrected chi connectivity index (χ0v) is 29.7. The molecule has 0 aliphatic carbocycles. The molecule has 0 saturated carbocycles. The third-order valence-corrected chi connectivity index (χ3v) is 8.73. The summed E-state index contributed by atoms with van der Waals surface area (Å²) in [7, 11) is 0. The lowest BCUT2D eigenvalue weighted by Crippen LogP contribution is -2.48. The Kier molecular flexibility index (Phi) is 34.3. The molecule has 0 bridgehead atoms. The number of carbonyl (C=O) groups excluding carboxylic acids is 1. The van der Waals surface area contributed by atoms with E-state index in [9.17, 15) is 20.1 Å². The third-order valence-electron chi connectivity index (χ3n) is 8.73. The molecule has 0 aliphatic rings. The number of hydrogen-bond acceptors (Lipinski definition) is 4. The molecule has 0 aromatic carbocycles. The van der Waals surface area contributed by atoms with Gasteiger partial charge in [-0.25, -0.2) is 0 Å². The first kappa shape index (κ1) is 43.6. The van der Waals surface area contributed by atoms with Gasteiger partial charge in [-0.1, -0.05) is 172 Å². The third kappa shape index (κ3) is 31.0. The molecule has 45 heavy (non-hydrogen) atoms. The molecule has 0 fully saturated rings. The van der Waals surface area contributed by atoms with Crippen molar-refractivity contribution in [1.29, 1.82) is 0 Å². The molecule has 5 nitrogen and oxygen atoms in total. The first-order valence-corrected chi connectivity index (χ1v) is 19.3. The summed E-state index contributed by atoms with van der Waals surface area (Å²) >= 11 is 0. The maximum absolute atomic E-state index is 12.4. The fraction of sp³-hybridized carbons (Fsp3) is 0.825. The zero-order valence-electron chi connectivity index (χ0n) is 29.7. The standard InChI is InChI=1S/C40H75NO4/c1-3-5-7-9-11-13-15-17-19-21-23-25-27-29-31-33-35-39(44)40(45)41-37(36-42)38(43)34-32-30-28-26-24-22-20-18-16-14-12-10-8-6-4-2/h11,13,17,19,32,34,37-39,42-44H,3-10,12,14-16,18,20-31,33,35-36H2,1-2H3,(H,41,45)/b13-11-,19-17-,34-32+. The minimum atomic E-state index is -1.10. The van der Waals surface area contributed by atoms with Gasteiger partial charge in [0.15, 0.2) is 0 Å². The minimum Gasteiger partial charge on any atom is -0.394 e. The fourth-order valence-electron chi connectivity index (χ4n) is 5.62. The number of carbonyl (C=O) groups is 1. The minimum absolute atomic E-state index is 0.367. The van der Waals surface area contributed by atoms with Crippen molar-refractivity contribution in [1.82, 2.24) is 5.32 Å². The van der Waals surface area contributed by atoms with E-state index in [2.05, 4.69) is 43.5 Å². The number of unbranched alkanes of at least 4 members (excludes halogenated alkanes) is 22. The second kappa shape index (κ2) is 35.4. The second-order valence-electron chi connectivity index (χ2n) is 13.1. The Morgan fingerprint density at radius 2 is 0.956 bits per heavy atom. The van der Waals surface area contributed by atoms with E-state index in [1.54, 1.807) is 6.08 Å². The van der Waals surface area contributed by atoms with Gasteiger partial charge in [0.25, 0.3) is 0 Å². The van der Waals surface area contributed by atoms with E-state index in [1.807, 2.05) is 6.08 Å². The highest BCUT2D eigenvalue weighted by Crippen LogP contribution is 2.14. The van der Waals surface area contributed by atoms with Crippen LogP contribution in [0.15, 0.2) is 36.5 Å². The molecule has 5 heteroatoms. The number of rotatable bonds is 34. The Balaban J connectivity index is 3.76. The average molecular weight is 634 g/mol. The van der Waals surface area contributed by atoms with Gasteiger partial charge in [-0.15, -0.1) is 0 Å². The first-order valence-electron chi connectivity index (χ1n) is 19.3. The number of amides is 1. The molecular formula is C40H75NO4. The van der Waals surface area contributed by atoms with E-state index < -0.39 is 24.2 Å². The molecule has 4 N–H and O–H groups in total. The molecular weight excluding hydrogens is 558 g/mol. The van der Waals surface area contributed by atoms with Crippen molar-refractivity contribution in [2.75, 3.05) is 6.61 Å². The molecule has 3 unspecified atom stereocenters. The van der Waals surface area contributed by atoms with Gasteiger partial charge in [-0.05, 0) is 51.4 Å². The van der Waals surface area contributed by atoms with Gasteiger partial charge < -0.3 is 20.6 Å². The highest BCUT2D eigenvalue weighted by Gasteiger charge is 2.22. The SMILES string of the molecule is CCCCC/C=C\C/C=C\CCCCCCCCC(O)C(=O)NC(CO)C(O)/C=C/CCCCCCCCCCCCCCC. The summed E-state index contributed by atoms with van der Waals surface area (Å²) in [6, 6.07) is -0.800. The lowest BCUT2D eigenvalue weighted by Gasteiger charge is -2.21. The molecule has 0 spiro atoms. The van der Waals surface area contributed by atoms with Gasteiger partial charge >= 0.3 is 0 Å². The molecule has 0 rings (SSSR count). The van der Waals surface area contributed by atoms with Gasteiger partial charge in [-0.3, -0.25) is 4.79 Å². The first-order chi connectivity index (χ1) is 22.1. The van der Waals surface area contributed by atoms with Crippen molar-refractivity contribution < 1.29 is 20.1 Å². The van der Waals surface area contributed by atoms with Gasteiger partial charge in [0, 0.05) is 0 Å². The van der Waals surface area contributed by atoms with Crippen LogP contribution in [-0.4, -0.2) is 46.1 Å². The van der Waals surface area contributed by atoms with Crippen LogP contribution in [0, 0.1) is 0 Å². The van der Waals surface area contributed by atoms with E-state index in [0.29, 0.717) is 6.42 Å². The van der Waals surface area contributed by atoms with E-state index in [1.165, 1.54) is 122 Å². The van der Waals surface area contributed by atoms with Crippen LogP contribution in [0.4, 0.5) is 0 Å². The smallest absolute Gasteiger partial charge is 0.249 e.